The van der Waals surface area contributed by atoms with Crippen molar-refractivity contribution in [3.8, 4) is 0 Å². The lowest BCUT2D eigenvalue weighted by atomic mass is 9.91. The molecule has 1 rings (SSSR count). The van der Waals surface area contributed by atoms with Gasteiger partial charge in [-0.05, 0) is 19.9 Å². The Morgan fingerprint density at radius 2 is 1.83 bits per heavy atom. The molecule has 0 fully saturated rings. The molecule has 0 aromatic carbocycles. The summed E-state index contributed by atoms with van der Waals surface area (Å²) in [6, 6.07) is 1.67. The molecule has 1 aromatic rings. The molecule has 0 aliphatic heterocycles. The molecule has 0 radical (unpaired) electrons. The summed E-state index contributed by atoms with van der Waals surface area (Å²) in [7, 11) is 0. The van der Waals surface area contributed by atoms with Gasteiger partial charge in [-0.15, -0.1) is 0 Å². The van der Waals surface area contributed by atoms with Crippen LogP contribution >= 0.6 is 0 Å². The summed E-state index contributed by atoms with van der Waals surface area (Å²) in [5, 5.41) is 10.4. The molecule has 0 spiro atoms. The molecule has 98 valence electrons. The zero-order valence-corrected chi connectivity index (χ0v) is 11.5. The van der Waals surface area contributed by atoms with Gasteiger partial charge in [0.05, 0.1) is 23.5 Å². The average Bonchev–Trinajstić information content (AvgIpc) is 2.27. The van der Waals surface area contributed by atoms with Gasteiger partial charge in [-0.1, -0.05) is 20.8 Å². The minimum absolute atomic E-state index is 0.00718. The van der Waals surface area contributed by atoms with E-state index in [2.05, 4.69) is 15.5 Å². The van der Waals surface area contributed by atoms with Crippen LogP contribution in [0.1, 0.15) is 42.5 Å². The largest absolute Gasteiger partial charge is 0.345 e. The van der Waals surface area contributed by atoms with Crippen LogP contribution in [0.15, 0.2) is 6.07 Å². The van der Waals surface area contributed by atoms with E-state index in [9.17, 15) is 9.59 Å². The van der Waals surface area contributed by atoms with Crippen LogP contribution in [0.2, 0.25) is 0 Å². The highest BCUT2D eigenvalue weighted by molar-refractivity contribution is 5.98. The minimum Gasteiger partial charge on any atom is -0.345 e. The molecule has 0 saturated carbocycles. The Balaban J connectivity index is 2.72. The fourth-order valence-corrected chi connectivity index (χ4v) is 1.30. The molecule has 1 aromatic heterocycles. The summed E-state index contributed by atoms with van der Waals surface area (Å²) in [5.74, 6) is -0.296. The third-order valence-electron chi connectivity index (χ3n) is 2.59. The summed E-state index contributed by atoms with van der Waals surface area (Å²) in [6.45, 7) is 8.99. The zero-order chi connectivity index (χ0) is 13.9. The predicted molar refractivity (Wildman–Crippen MR) is 68.3 cm³/mol. The van der Waals surface area contributed by atoms with E-state index in [-0.39, 0.29) is 18.2 Å². The van der Waals surface area contributed by atoms with Gasteiger partial charge in [-0.2, -0.15) is 10.2 Å². The Morgan fingerprint density at radius 3 is 2.39 bits per heavy atom. The highest BCUT2D eigenvalue weighted by Gasteiger charge is 2.22. The number of carbonyl (C=O) groups is 2. The Morgan fingerprint density at radius 1 is 1.22 bits per heavy atom. The molecule has 0 bridgehead atoms. The van der Waals surface area contributed by atoms with Crippen LogP contribution in [0.4, 0.5) is 0 Å². The Bertz CT molecular complexity index is 476. The van der Waals surface area contributed by atoms with Crippen molar-refractivity contribution >= 4 is 11.7 Å². The number of carbonyl (C=O) groups excluding carboxylic acids is 2. The van der Waals surface area contributed by atoms with Crippen LogP contribution in [-0.2, 0) is 4.79 Å². The molecular formula is C13H19N3O2. The van der Waals surface area contributed by atoms with Gasteiger partial charge in [-0.25, -0.2) is 0 Å². The lowest BCUT2D eigenvalue weighted by molar-refractivity contribution is -0.125. The number of ketones is 1. The number of aryl methyl sites for hydroxylation is 2. The van der Waals surface area contributed by atoms with Crippen LogP contribution in [0, 0.1) is 19.3 Å². The van der Waals surface area contributed by atoms with Crippen molar-refractivity contribution in [2.75, 3.05) is 6.54 Å². The summed E-state index contributed by atoms with van der Waals surface area (Å²) in [4.78, 5) is 23.6. The van der Waals surface area contributed by atoms with E-state index in [0.717, 1.165) is 0 Å². The van der Waals surface area contributed by atoms with Crippen LogP contribution in [0.5, 0.6) is 0 Å². The first kappa shape index (κ1) is 14.3. The molecule has 5 nitrogen and oxygen atoms in total. The lowest BCUT2D eigenvalue weighted by Gasteiger charge is -2.16. The van der Waals surface area contributed by atoms with E-state index < -0.39 is 5.41 Å². The summed E-state index contributed by atoms with van der Waals surface area (Å²) in [5.41, 5.74) is 1.24. The van der Waals surface area contributed by atoms with Crippen molar-refractivity contribution in [1.82, 2.24) is 15.5 Å². The second-order valence-electron chi connectivity index (χ2n) is 5.34. The highest BCUT2D eigenvalue weighted by Crippen LogP contribution is 2.13. The topological polar surface area (TPSA) is 72.0 Å². The second kappa shape index (κ2) is 5.25. The van der Waals surface area contributed by atoms with Crippen LogP contribution < -0.4 is 5.32 Å². The molecule has 1 N–H and O–H groups in total. The molecule has 18 heavy (non-hydrogen) atoms. The van der Waals surface area contributed by atoms with E-state index >= 15 is 0 Å². The van der Waals surface area contributed by atoms with Gasteiger partial charge in [-0.3, -0.25) is 9.59 Å². The van der Waals surface area contributed by atoms with Gasteiger partial charge in [0.1, 0.15) is 0 Å². The van der Waals surface area contributed by atoms with Crippen molar-refractivity contribution in [2.45, 2.75) is 34.6 Å². The summed E-state index contributed by atoms with van der Waals surface area (Å²) >= 11 is 0. The first-order valence-electron chi connectivity index (χ1n) is 5.84. The van der Waals surface area contributed by atoms with Gasteiger partial charge < -0.3 is 5.32 Å². The molecule has 0 unspecified atom stereocenters. The fourth-order valence-electron chi connectivity index (χ4n) is 1.30. The number of aromatic nitrogens is 2. The molecular weight excluding hydrogens is 230 g/mol. The molecule has 0 atom stereocenters. The van der Waals surface area contributed by atoms with Crippen LogP contribution in [0.3, 0.4) is 0 Å². The maximum Gasteiger partial charge on any atom is 0.253 e. The standard InChI is InChI=1S/C13H19N3O2/c1-8-6-10(9(2)16-15-8)12(18)14-7-11(17)13(3,4)5/h6H,7H2,1-5H3,(H,14,18). The van der Waals surface area contributed by atoms with Crippen molar-refractivity contribution in [3.63, 3.8) is 0 Å². The minimum atomic E-state index is -0.450. The first-order chi connectivity index (χ1) is 8.21. The maximum absolute atomic E-state index is 11.9. The van der Waals surface area contributed by atoms with Crippen molar-refractivity contribution in [3.05, 3.63) is 23.0 Å². The molecule has 0 aliphatic carbocycles. The lowest BCUT2D eigenvalue weighted by Crippen LogP contribution is -2.35. The third-order valence-corrected chi connectivity index (χ3v) is 2.59. The Hall–Kier alpha value is -1.78. The number of hydrogen-bond donors (Lipinski definition) is 1. The number of hydrogen-bond acceptors (Lipinski definition) is 4. The predicted octanol–water partition coefficient (Wildman–Crippen LogP) is 1.44. The number of rotatable bonds is 3. The smallest absolute Gasteiger partial charge is 0.253 e. The Labute approximate surface area is 107 Å². The van der Waals surface area contributed by atoms with E-state index in [1.165, 1.54) is 0 Å². The van der Waals surface area contributed by atoms with Gasteiger partial charge in [0.15, 0.2) is 5.78 Å². The zero-order valence-electron chi connectivity index (χ0n) is 11.5. The number of Topliss-reactive ketones (excluding diaryl/α,β-unsaturated/α-hetero) is 1. The highest BCUT2D eigenvalue weighted by atomic mass is 16.2. The first-order valence-corrected chi connectivity index (χ1v) is 5.84. The van der Waals surface area contributed by atoms with E-state index in [0.29, 0.717) is 17.0 Å². The Kier molecular flexibility index (Phi) is 4.16. The van der Waals surface area contributed by atoms with E-state index in [4.69, 9.17) is 0 Å². The second-order valence-corrected chi connectivity index (χ2v) is 5.34. The SMILES string of the molecule is Cc1cc(C(=O)NCC(=O)C(C)(C)C)c(C)nn1. The van der Waals surface area contributed by atoms with E-state index in [1.54, 1.807) is 19.9 Å². The summed E-state index contributed by atoms with van der Waals surface area (Å²) < 4.78 is 0. The van der Waals surface area contributed by atoms with Crippen molar-refractivity contribution in [2.24, 2.45) is 5.41 Å². The maximum atomic E-state index is 11.9. The molecule has 1 amide bonds. The van der Waals surface area contributed by atoms with Crippen LogP contribution in [-0.4, -0.2) is 28.4 Å². The normalized spacial score (nSPS) is 11.2. The van der Waals surface area contributed by atoms with Gasteiger partial charge in [0, 0.05) is 5.41 Å². The molecule has 0 saturated heterocycles. The number of nitrogens with one attached hydrogen (secondary N) is 1. The van der Waals surface area contributed by atoms with Crippen molar-refractivity contribution in [1.29, 1.82) is 0 Å². The van der Waals surface area contributed by atoms with Crippen LogP contribution in [0.25, 0.3) is 0 Å². The monoisotopic (exact) mass is 249 g/mol. The quantitative estimate of drug-likeness (QED) is 0.879. The third kappa shape index (κ3) is 3.61. The number of nitrogens with zero attached hydrogens (tertiary/aromatic N) is 2. The van der Waals surface area contributed by atoms with Crippen molar-refractivity contribution < 1.29 is 9.59 Å². The van der Waals surface area contributed by atoms with E-state index in [1.807, 2.05) is 20.8 Å². The fraction of sp³-hybridized carbons (Fsp3) is 0.538. The number of amides is 1. The molecule has 0 aliphatic rings. The van der Waals surface area contributed by atoms with Gasteiger partial charge in [0.25, 0.3) is 5.91 Å². The van der Waals surface area contributed by atoms with Gasteiger partial charge >= 0.3 is 0 Å². The average molecular weight is 249 g/mol. The summed E-state index contributed by atoms with van der Waals surface area (Å²) in [6.07, 6.45) is 0. The van der Waals surface area contributed by atoms with Gasteiger partial charge in [0.2, 0.25) is 0 Å². The molecule has 1 heterocycles. The molecule has 5 heteroatoms.